The van der Waals surface area contributed by atoms with E-state index in [1.165, 1.54) is 24.1 Å². The number of unbranched alkanes of at least 4 members (excludes halogenated alkanes) is 1. The van der Waals surface area contributed by atoms with Crippen molar-refractivity contribution in [1.29, 1.82) is 0 Å². The zero-order chi connectivity index (χ0) is 28.2. The number of benzene rings is 3. The van der Waals surface area contributed by atoms with Crippen molar-refractivity contribution < 1.29 is 19.0 Å². The molecular weight excluding hydrogens is 498 g/mol. The van der Waals surface area contributed by atoms with Crippen molar-refractivity contribution in [3.8, 4) is 22.8 Å². The monoisotopic (exact) mass is 539 g/mol. The van der Waals surface area contributed by atoms with Gasteiger partial charge in [0.1, 0.15) is 11.5 Å². The summed E-state index contributed by atoms with van der Waals surface area (Å²) in [7, 11) is 0. The highest BCUT2D eigenvalue weighted by Crippen LogP contribution is 2.26. The van der Waals surface area contributed by atoms with Gasteiger partial charge in [0.25, 0.3) is 0 Å². The lowest BCUT2D eigenvalue weighted by Crippen LogP contribution is -2.31. The predicted molar refractivity (Wildman–Crippen MR) is 161 cm³/mol. The van der Waals surface area contributed by atoms with Crippen LogP contribution in [0.2, 0.25) is 0 Å². The van der Waals surface area contributed by atoms with Crippen LogP contribution < -0.4 is 9.47 Å². The quantitative estimate of drug-likeness (QED) is 0.114. The molecule has 3 aromatic carbocycles. The maximum Gasteiger partial charge on any atom is 0.347 e. The lowest BCUT2D eigenvalue weighted by atomic mass is 10.1. The highest BCUT2D eigenvalue weighted by atomic mass is 16.6. The molecule has 210 valence electrons. The van der Waals surface area contributed by atoms with Crippen molar-refractivity contribution in [1.82, 2.24) is 4.57 Å². The molecule has 1 aromatic heterocycles. The standard InChI is InChI=1S/C35H41NO4/c1-4-6-11-28-15-19-31(20-16-28)39-25-10-24-36-27(3)14-23-33(36)30-17-21-32(22-18-30)40-34(35(37)38-5-2)26-29-12-8-7-9-13-29/h7-9,12-23,34H,4-6,10-11,24-26H2,1-3H3/t34-/m1/s1. The minimum absolute atomic E-state index is 0.319. The summed E-state index contributed by atoms with van der Waals surface area (Å²) in [5.41, 5.74) is 5.85. The second-order valence-electron chi connectivity index (χ2n) is 10.0. The Morgan fingerprint density at radius 1 is 0.800 bits per heavy atom. The summed E-state index contributed by atoms with van der Waals surface area (Å²) in [6, 6.07) is 30.6. The van der Waals surface area contributed by atoms with E-state index in [2.05, 4.69) is 54.8 Å². The number of ether oxygens (including phenoxy) is 3. The molecule has 0 bridgehead atoms. The molecule has 40 heavy (non-hydrogen) atoms. The van der Waals surface area contributed by atoms with Gasteiger partial charge in [-0.3, -0.25) is 0 Å². The highest BCUT2D eigenvalue weighted by molar-refractivity contribution is 5.75. The van der Waals surface area contributed by atoms with Gasteiger partial charge in [0.2, 0.25) is 0 Å². The Bertz CT molecular complexity index is 1310. The minimum Gasteiger partial charge on any atom is -0.494 e. The molecule has 0 aliphatic carbocycles. The van der Waals surface area contributed by atoms with Gasteiger partial charge in [-0.25, -0.2) is 4.79 Å². The Kier molecular flexibility index (Phi) is 10.9. The van der Waals surface area contributed by atoms with Gasteiger partial charge >= 0.3 is 5.97 Å². The molecular formula is C35H41NO4. The Hall–Kier alpha value is -3.99. The van der Waals surface area contributed by atoms with Crippen LogP contribution >= 0.6 is 0 Å². The molecule has 0 spiro atoms. The van der Waals surface area contributed by atoms with Crippen LogP contribution in [0.5, 0.6) is 11.5 Å². The van der Waals surface area contributed by atoms with Gasteiger partial charge in [-0.2, -0.15) is 0 Å². The number of aryl methyl sites for hydroxylation is 2. The van der Waals surface area contributed by atoms with E-state index >= 15 is 0 Å². The molecule has 0 radical (unpaired) electrons. The Morgan fingerprint density at radius 2 is 1.52 bits per heavy atom. The lowest BCUT2D eigenvalue weighted by Gasteiger charge is -2.18. The van der Waals surface area contributed by atoms with Crippen LogP contribution in [0.25, 0.3) is 11.3 Å². The maximum atomic E-state index is 12.6. The fourth-order valence-electron chi connectivity index (χ4n) is 4.77. The first-order chi connectivity index (χ1) is 19.6. The summed E-state index contributed by atoms with van der Waals surface area (Å²) in [5.74, 6) is 1.21. The molecule has 0 saturated heterocycles. The molecule has 0 aliphatic heterocycles. The minimum atomic E-state index is -0.702. The van der Waals surface area contributed by atoms with Gasteiger partial charge in [-0.15, -0.1) is 0 Å². The van der Waals surface area contributed by atoms with Crippen molar-refractivity contribution in [3.05, 3.63) is 108 Å². The summed E-state index contributed by atoms with van der Waals surface area (Å²) in [4.78, 5) is 12.6. The van der Waals surface area contributed by atoms with E-state index in [-0.39, 0.29) is 5.97 Å². The van der Waals surface area contributed by atoms with E-state index in [9.17, 15) is 4.79 Å². The first kappa shape index (κ1) is 29.0. The fraction of sp³-hybridized carbons (Fsp3) is 0.343. The van der Waals surface area contributed by atoms with Crippen LogP contribution in [0.1, 0.15) is 49.9 Å². The summed E-state index contributed by atoms with van der Waals surface area (Å²) in [6.07, 6.45) is 4.21. The number of carbonyl (C=O) groups excluding carboxylic acids is 1. The average molecular weight is 540 g/mol. The largest absolute Gasteiger partial charge is 0.494 e. The van der Waals surface area contributed by atoms with Gasteiger partial charge in [0.15, 0.2) is 6.10 Å². The first-order valence-corrected chi connectivity index (χ1v) is 14.4. The third kappa shape index (κ3) is 8.25. The number of hydrogen-bond donors (Lipinski definition) is 0. The molecule has 5 nitrogen and oxygen atoms in total. The second kappa shape index (κ2) is 15.0. The summed E-state index contributed by atoms with van der Waals surface area (Å²) in [6.45, 7) is 8.00. The SMILES string of the molecule is CCCCc1ccc(OCCCn2c(C)ccc2-c2ccc(O[C@H](Cc3ccccc3)C(=O)OCC)cc2)cc1. The Morgan fingerprint density at radius 3 is 2.23 bits per heavy atom. The number of rotatable bonds is 15. The van der Waals surface area contributed by atoms with E-state index < -0.39 is 6.10 Å². The van der Waals surface area contributed by atoms with Crippen LogP contribution in [0.4, 0.5) is 0 Å². The van der Waals surface area contributed by atoms with Crippen molar-refractivity contribution >= 4 is 5.97 Å². The number of nitrogens with zero attached hydrogens (tertiary/aromatic N) is 1. The Labute approximate surface area is 238 Å². The van der Waals surface area contributed by atoms with Crippen molar-refractivity contribution in [2.24, 2.45) is 0 Å². The van der Waals surface area contributed by atoms with Crippen molar-refractivity contribution in [2.75, 3.05) is 13.2 Å². The van der Waals surface area contributed by atoms with Gasteiger partial charge in [-0.1, -0.05) is 55.8 Å². The zero-order valence-electron chi connectivity index (χ0n) is 24.0. The molecule has 0 aliphatic rings. The predicted octanol–water partition coefficient (Wildman–Crippen LogP) is 7.83. The van der Waals surface area contributed by atoms with Crippen LogP contribution in [0.15, 0.2) is 91.0 Å². The lowest BCUT2D eigenvalue weighted by molar-refractivity contribution is -0.151. The van der Waals surface area contributed by atoms with Crippen LogP contribution in [-0.4, -0.2) is 29.9 Å². The number of hydrogen-bond acceptors (Lipinski definition) is 4. The number of esters is 1. The highest BCUT2D eigenvalue weighted by Gasteiger charge is 2.22. The Balaban J connectivity index is 1.35. The van der Waals surface area contributed by atoms with Crippen molar-refractivity contribution in [3.63, 3.8) is 0 Å². The van der Waals surface area contributed by atoms with Crippen LogP contribution in [0.3, 0.4) is 0 Å². The van der Waals surface area contributed by atoms with Crippen molar-refractivity contribution in [2.45, 2.75) is 65.5 Å². The smallest absolute Gasteiger partial charge is 0.347 e. The van der Waals surface area contributed by atoms with Gasteiger partial charge in [0, 0.05) is 24.4 Å². The van der Waals surface area contributed by atoms with E-state index in [0.717, 1.165) is 42.0 Å². The fourth-order valence-corrected chi connectivity index (χ4v) is 4.77. The third-order valence-corrected chi connectivity index (χ3v) is 6.98. The molecule has 1 atom stereocenters. The number of carbonyl (C=O) groups is 1. The molecule has 0 saturated carbocycles. The van der Waals surface area contributed by atoms with E-state index in [1.54, 1.807) is 6.92 Å². The van der Waals surface area contributed by atoms with Gasteiger partial charge in [0.05, 0.1) is 13.2 Å². The van der Waals surface area contributed by atoms with E-state index in [4.69, 9.17) is 14.2 Å². The summed E-state index contributed by atoms with van der Waals surface area (Å²) in [5, 5.41) is 0. The second-order valence-corrected chi connectivity index (χ2v) is 10.0. The molecule has 0 N–H and O–H groups in total. The topological polar surface area (TPSA) is 49.7 Å². The number of aromatic nitrogens is 1. The molecule has 4 aromatic rings. The maximum absolute atomic E-state index is 12.6. The van der Waals surface area contributed by atoms with Gasteiger partial charge < -0.3 is 18.8 Å². The van der Waals surface area contributed by atoms with E-state index in [1.807, 2.05) is 54.6 Å². The molecule has 4 rings (SSSR count). The average Bonchev–Trinajstić information content (AvgIpc) is 3.35. The molecule has 0 unspecified atom stereocenters. The third-order valence-electron chi connectivity index (χ3n) is 6.98. The molecule has 0 amide bonds. The van der Waals surface area contributed by atoms with E-state index in [0.29, 0.717) is 25.4 Å². The normalized spacial score (nSPS) is 11.7. The van der Waals surface area contributed by atoms with Crippen LogP contribution in [-0.2, 0) is 28.9 Å². The summed E-state index contributed by atoms with van der Waals surface area (Å²) >= 11 is 0. The first-order valence-electron chi connectivity index (χ1n) is 14.4. The van der Waals surface area contributed by atoms with Crippen LogP contribution in [0, 0.1) is 6.92 Å². The van der Waals surface area contributed by atoms with Gasteiger partial charge in [-0.05, 0) is 98.3 Å². The summed E-state index contributed by atoms with van der Waals surface area (Å²) < 4.78 is 19.7. The zero-order valence-corrected chi connectivity index (χ0v) is 24.0. The molecule has 0 fully saturated rings. The molecule has 5 heteroatoms. The molecule has 1 heterocycles.